The molecule has 0 bridgehead atoms. The van der Waals surface area contributed by atoms with Crippen molar-refractivity contribution in [3.63, 3.8) is 0 Å². The summed E-state index contributed by atoms with van der Waals surface area (Å²) in [6, 6.07) is 0. The first-order valence-electron chi connectivity index (χ1n) is 6.50. The van der Waals surface area contributed by atoms with Crippen LogP contribution in [0.25, 0.3) is 0 Å². The van der Waals surface area contributed by atoms with E-state index < -0.39 is 36.5 Å². The molecule has 116 valence electrons. The third-order valence-electron chi connectivity index (χ3n) is 3.03. The summed E-state index contributed by atoms with van der Waals surface area (Å²) in [4.78, 5) is 0. The van der Waals surface area contributed by atoms with E-state index in [1.165, 1.54) is 0 Å². The molecule has 0 aliphatic rings. The van der Waals surface area contributed by atoms with Gasteiger partial charge in [-0.3, -0.25) is 4.57 Å². The molecular weight excluding hydrogens is 312 g/mol. The Bertz CT molecular complexity index is 262. The molecule has 6 nitrogen and oxygen atoms in total. The predicted molar refractivity (Wildman–Crippen MR) is 88.3 cm³/mol. The fourth-order valence-corrected chi connectivity index (χ4v) is 13.0. The second-order valence-electron chi connectivity index (χ2n) is 5.10. The number of hydrogen-bond acceptors (Lipinski definition) is 6. The molecule has 0 spiro atoms. The van der Waals surface area contributed by atoms with Crippen LogP contribution in [0.1, 0.15) is 0 Å². The summed E-state index contributed by atoms with van der Waals surface area (Å²) in [6.07, 6.45) is 0. The molecule has 0 amide bonds. The van der Waals surface area contributed by atoms with Crippen LogP contribution in [-0.4, -0.2) is 80.9 Å². The van der Waals surface area contributed by atoms with E-state index in [2.05, 4.69) is 42.9 Å². The van der Waals surface area contributed by atoms with Gasteiger partial charge in [0.15, 0.2) is 0 Å². The van der Waals surface area contributed by atoms with Gasteiger partial charge in [-0.15, -0.1) is 0 Å². The van der Waals surface area contributed by atoms with Crippen molar-refractivity contribution in [1.29, 1.82) is 0 Å². The van der Waals surface area contributed by atoms with Gasteiger partial charge in [0.05, 0.1) is 0 Å². The van der Waals surface area contributed by atoms with Gasteiger partial charge in [-0.05, 0) is 54.4 Å². The average Bonchev–Trinajstić information content (AvgIpc) is 2.27. The lowest BCUT2D eigenvalue weighted by Gasteiger charge is -2.37. The second kappa shape index (κ2) is 8.81. The summed E-state index contributed by atoms with van der Waals surface area (Å²) < 4.78 is 27.9. The molecular formula is C9H30N2O4Si4. The van der Waals surface area contributed by atoms with Gasteiger partial charge in [0.1, 0.15) is 0 Å². The Balaban J connectivity index is 4.57. The van der Waals surface area contributed by atoms with Gasteiger partial charge >= 0.3 is 27.3 Å². The number of rotatable bonds is 9. The Kier molecular flexibility index (Phi) is 9.10. The summed E-state index contributed by atoms with van der Waals surface area (Å²) in [5.74, 6) is 0. The molecule has 4 atom stereocenters. The van der Waals surface area contributed by atoms with E-state index in [9.17, 15) is 0 Å². The second-order valence-corrected chi connectivity index (χ2v) is 15.7. The third-order valence-corrected chi connectivity index (χ3v) is 16.0. The molecule has 0 fully saturated rings. The van der Waals surface area contributed by atoms with E-state index in [1.807, 2.05) is 20.6 Å². The lowest BCUT2D eigenvalue weighted by Crippen LogP contribution is -2.58. The van der Waals surface area contributed by atoms with Crippen LogP contribution in [0.4, 0.5) is 0 Å². The van der Waals surface area contributed by atoms with E-state index in [-0.39, 0.29) is 0 Å². The number of nitrogens with zero attached hydrogens (tertiary/aromatic N) is 2. The van der Waals surface area contributed by atoms with Gasteiger partial charge in [0.2, 0.25) is 9.20 Å². The van der Waals surface area contributed by atoms with Crippen molar-refractivity contribution in [1.82, 2.24) is 9.13 Å². The van der Waals surface area contributed by atoms with E-state index in [4.69, 9.17) is 16.8 Å². The van der Waals surface area contributed by atoms with Crippen molar-refractivity contribution in [3.05, 3.63) is 0 Å². The molecule has 0 saturated heterocycles. The molecule has 0 aliphatic heterocycles. The average molecular weight is 343 g/mol. The SMILES string of the molecule is CO[SiH](C)O[Si](C)(O[SiH](C)O[SiH](C)N(C)C)N(C)C. The zero-order valence-electron chi connectivity index (χ0n) is 13.8. The maximum absolute atomic E-state index is 6.21. The Labute approximate surface area is 124 Å². The summed E-state index contributed by atoms with van der Waals surface area (Å²) in [5.41, 5.74) is 0. The molecule has 0 heterocycles. The highest BCUT2D eigenvalue weighted by atomic mass is 28.5. The Morgan fingerprint density at radius 3 is 1.74 bits per heavy atom. The van der Waals surface area contributed by atoms with Crippen LogP contribution in [0.3, 0.4) is 0 Å². The highest BCUT2D eigenvalue weighted by molar-refractivity contribution is 6.76. The Morgan fingerprint density at radius 1 is 0.895 bits per heavy atom. The first-order valence-corrected chi connectivity index (χ1v) is 15.1. The topological polar surface area (TPSA) is 43.4 Å². The van der Waals surface area contributed by atoms with Gasteiger partial charge in [0.25, 0.3) is 0 Å². The number of hydrogen-bond donors (Lipinski definition) is 0. The van der Waals surface area contributed by atoms with Crippen LogP contribution in [-0.2, 0) is 16.8 Å². The largest absolute Gasteiger partial charge is 0.429 e. The van der Waals surface area contributed by atoms with E-state index in [0.29, 0.717) is 0 Å². The van der Waals surface area contributed by atoms with Crippen molar-refractivity contribution >= 4 is 36.5 Å². The minimum atomic E-state index is -2.37. The van der Waals surface area contributed by atoms with Crippen LogP contribution >= 0.6 is 0 Å². The fourth-order valence-electron chi connectivity index (χ4n) is 1.33. The lowest BCUT2D eigenvalue weighted by molar-refractivity contribution is 0.244. The van der Waals surface area contributed by atoms with Crippen LogP contribution in [0.5, 0.6) is 0 Å². The first kappa shape index (κ1) is 19.6. The lowest BCUT2D eigenvalue weighted by atomic mass is 11.3. The molecule has 0 aliphatic carbocycles. The zero-order chi connectivity index (χ0) is 15.2. The standard InChI is InChI=1S/C9H30N2O4Si4/c1-10(2)16(6)13-18(8)15-19(9,11(3)4)14-17(7)12-5/h16-18H,1-9H3. The van der Waals surface area contributed by atoms with Crippen LogP contribution < -0.4 is 0 Å². The Hall–Kier alpha value is 0.628. The van der Waals surface area contributed by atoms with Gasteiger partial charge in [0, 0.05) is 7.11 Å². The van der Waals surface area contributed by atoms with Crippen LogP contribution in [0, 0.1) is 0 Å². The van der Waals surface area contributed by atoms with Crippen molar-refractivity contribution in [2.75, 3.05) is 35.3 Å². The van der Waals surface area contributed by atoms with E-state index in [1.54, 1.807) is 7.11 Å². The predicted octanol–water partition coefficient (Wildman–Crippen LogP) is -0.0746. The summed E-state index contributed by atoms with van der Waals surface area (Å²) in [6.45, 7) is 8.31. The highest BCUT2D eigenvalue weighted by Crippen LogP contribution is 2.14. The molecule has 0 saturated carbocycles. The molecule has 0 aromatic heterocycles. The fraction of sp³-hybridized carbons (Fsp3) is 1.00. The smallest absolute Gasteiger partial charge is 0.406 e. The monoisotopic (exact) mass is 342 g/mol. The van der Waals surface area contributed by atoms with Crippen molar-refractivity contribution in [2.45, 2.75) is 26.2 Å². The molecule has 0 aromatic rings. The molecule has 0 aromatic carbocycles. The minimum absolute atomic E-state index is 1.30. The van der Waals surface area contributed by atoms with Gasteiger partial charge in [-0.2, -0.15) is 0 Å². The molecule has 0 radical (unpaired) electrons. The van der Waals surface area contributed by atoms with Gasteiger partial charge < -0.3 is 21.3 Å². The maximum Gasteiger partial charge on any atom is 0.406 e. The van der Waals surface area contributed by atoms with Crippen molar-refractivity contribution < 1.29 is 16.8 Å². The van der Waals surface area contributed by atoms with E-state index in [0.717, 1.165) is 0 Å². The van der Waals surface area contributed by atoms with Crippen molar-refractivity contribution in [2.24, 2.45) is 0 Å². The molecule has 19 heavy (non-hydrogen) atoms. The summed E-state index contributed by atoms with van der Waals surface area (Å²) in [5, 5.41) is 0. The van der Waals surface area contributed by atoms with Gasteiger partial charge in [-0.25, -0.2) is 0 Å². The first-order chi connectivity index (χ1) is 8.62. The normalized spacial score (nSPS) is 20.4. The molecule has 0 N–H and O–H groups in total. The molecule has 10 heteroatoms. The van der Waals surface area contributed by atoms with Crippen LogP contribution in [0.15, 0.2) is 0 Å². The summed E-state index contributed by atoms with van der Waals surface area (Å²) >= 11 is 0. The molecule has 0 rings (SSSR count). The maximum atomic E-state index is 6.21. The zero-order valence-corrected chi connectivity index (χ0v) is 18.2. The van der Waals surface area contributed by atoms with E-state index >= 15 is 0 Å². The third kappa shape index (κ3) is 7.26. The molecule has 4 unspecified atom stereocenters. The Morgan fingerprint density at radius 2 is 1.37 bits per heavy atom. The quantitative estimate of drug-likeness (QED) is 0.546. The van der Waals surface area contributed by atoms with Gasteiger partial charge in [-0.1, -0.05) is 0 Å². The van der Waals surface area contributed by atoms with Crippen LogP contribution in [0.2, 0.25) is 26.2 Å². The highest BCUT2D eigenvalue weighted by Gasteiger charge is 2.40. The summed E-state index contributed by atoms with van der Waals surface area (Å²) in [7, 11) is 2.83. The van der Waals surface area contributed by atoms with Crippen molar-refractivity contribution in [3.8, 4) is 0 Å². The minimum Gasteiger partial charge on any atom is -0.429 e.